The van der Waals surface area contributed by atoms with E-state index in [1.54, 1.807) is 18.7 Å². The summed E-state index contributed by atoms with van der Waals surface area (Å²) in [6.07, 6.45) is 3.53. The van der Waals surface area contributed by atoms with Gasteiger partial charge in [-0.05, 0) is 32.7 Å². The van der Waals surface area contributed by atoms with E-state index in [-0.39, 0.29) is 0 Å². The van der Waals surface area contributed by atoms with E-state index in [1.165, 1.54) is 19.4 Å². The molecule has 2 aliphatic heterocycles. The normalized spacial score (nSPS) is 26.6. The molecule has 104 valence electrons. The average Bonchev–Trinajstić information content (AvgIpc) is 2.97. The highest BCUT2D eigenvalue weighted by Crippen LogP contribution is 2.31. The molecule has 6 heteroatoms. The molecule has 1 aromatic rings. The standard InChI is InChI=1S/C13H20N4O2/c1-8-11(13(18)19)12(16(2)15-8)14-9-5-7-17-6-3-4-10(9)17/h9-10,14H,3-7H2,1-2H3,(H,18,19). The van der Waals surface area contributed by atoms with Gasteiger partial charge in [0.25, 0.3) is 0 Å². The van der Waals surface area contributed by atoms with Gasteiger partial charge in [-0.15, -0.1) is 0 Å². The van der Waals surface area contributed by atoms with Crippen LogP contribution in [0.1, 0.15) is 35.3 Å². The van der Waals surface area contributed by atoms with Gasteiger partial charge in [-0.2, -0.15) is 5.10 Å². The molecular weight excluding hydrogens is 244 g/mol. The highest BCUT2D eigenvalue weighted by atomic mass is 16.4. The van der Waals surface area contributed by atoms with Crippen LogP contribution >= 0.6 is 0 Å². The maximum atomic E-state index is 11.4. The lowest BCUT2D eigenvalue weighted by atomic mass is 10.1. The molecule has 0 radical (unpaired) electrons. The van der Waals surface area contributed by atoms with Crippen molar-refractivity contribution in [2.75, 3.05) is 18.4 Å². The first-order chi connectivity index (χ1) is 9.08. The van der Waals surface area contributed by atoms with Crippen LogP contribution in [-0.2, 0) is 7.05 Å². The van der Waals surface area contributed by atoms with Crippen LogP contribution in [0.2, 0.25) is 0 Å². The Morgan fingerprint density at radius 3 is 2.95 bits per heavy atom. The Morgan fingerprint density at radius 2 is 2.21 bits per heavy atom. The maximum Gasteiger partial charge on any atom is 0.341 e. The molecule has 0 aliphatic carbocycles. The zero-order valence-corrected chi connectivity index (χ0v) is 11.4. The summed E-state index contributed by atoms with van der Waals surface area (Å²) in [6, 6.07) is 0.896. The summed E-state index contributed by atoms with van der Waals surface area (Å²) in [5.74, 6) is -0.266. The van der Waals surface area contributed by atoms with E-state index in [4.69, 9.17) is 0 Å². The molecule has 2 saturated heterocycles. The van der Waals surface area contributed by atoms with Crippen molar-refractivity contribution in [3.8, 4) is 0 Å². The van der Waals surface area contributed by atoms with Gasteiger partial charge in [-0.1, -0.05) is 0 Å². The van der Waals surface area contributed by atoms with Crippen LogP contribution in [0, 0.1) is 6.92 Å². The molecule has 3 rings (SSSR count). The third kappa shape index (κ3) is 2.00. The molecule has 0 aromatic carbocycles. The van der Waals surface area contributed by atoms with Crippen LogP contribution in [0.3, 0.4) is 0 Å². The van der Waals surface area contributed by atoms with Crippen molar-refractivity contribution in [3.05, 3.63) is 11.3 Å². The Kier molecular flexibility index (Phi) is 2.97. The first-order valence-electron chi connectivity index (χ1n) is 6.85. The summed E-state index contributed by atoms with van der Waals surface area (Å²) in [5.41, 5.74) is 0.873. The molecule has 3 heterocycles. The van der Waals surface area contributed by atoms with Gasteiger partial charge in [0, 0.05) is 25.7 Å². The van der Waals surface area contributed by atoms with E-state index in [0.29, 0.717) is 29.2 Å². The third-order valence-corrected chi connectivity index (χ3v) is 4.36. The molecule has 2 aliphatic rings. The number of nitrogens with zero attached hydrogens (tertiary/aromatic N) is 3. The SMILES string of the molecule is Cc1nn(C)c(NC2CCN3CCCC23)c1C(=O)O. The van der Waals surface area contributed by atoms with Gasteiger partial charge in [-0.25, -0.2) is 4.79 Å². The second-order valence-electron chi connectivity index (χ2n) is 5.52. The molecule has 2 N–H and O–H groups in total. The second kappa shape index (κ2) is 4.52. The zero-order chi connectivity index (χ0) is 13.6. The number of aromatic nitrogens is 2. The quantitative estimate of drug-likeness (QED) is 0.854. The molecule has 0 spiro atoms. The van der Waals surface area contributed by atoms with Crippen LogP contribution in [0.5, 0.6) is 0 Å². The maximum absolute atomic E-state index is 11.4. The van der Waals surface area contributed by atoms with E-state index in [9.17, 15) is 9.90 Å². The molecule has 2 atom stereocenters. The Hall–Kier alpha value is -1.56. The van der Waals surface area contributed by atoms with Crippen molar-refractivity contribution < 1.29 is 9.90 Å². The van der Waals surface area contributed by atoms with Crippen LogP contribution in [0.25, 0.3) is 0 Å². The number of rotatable bonds is 3. The molecule has 2 fully saturated rings. The molecule has 19 heavy (non-hydrogen) atoms. The predicted molar refractivity (Wildman–Crippen MR) is 71.5 cm³/mol. The van der Waals surface area contributed by atoms with Gasteiger partial charge in [0.2, 0.25) is 0 Å². The fourth-order valence-electron chi connectivity index (χ4n) is 3.51. The lowest BCUT2D eigenvalue weighted by Gasteiger charge is -2.22. The number of hydrogen-bond donors (Lipinski definition) is 2. The van der Waals surface area contributed by atoms with Gasteiger partial charge in [0.15, 0.2) is 0 Å². The number of anilines is 1. The summed E-state index contributed by atoms with van der Waals surface area (Å²) in [4.78, 5) is 13.9. The smallest absolute Gasteiger partial charge is 0.341 e. The molecule has 0 saturated carbocycles. The lowest BCUT2D eigenvalue weighted by molar-refractivity contribution is 0.0697. The number of hydrogen-bond acceptors (Lipinski definition) is 4. The number of aryl methyl sites for hydroxylation is 2. The molecule has 1 aromatic heterocycles. The summed E-state index contributed by atoms with van der Waals surface area (Å²) in [6.45, 7) is 4.03. The first kappa shape index (κ1) is 12.5. The summed E-state index contributed by atoms with van der Waals surface area (Å²) < 4.78 is 1.65. The summed E-state index contributed by atoms with van der Waals surface area (Å²) >= 11 is 0. The highest BCUT2D eigenvalue weighted by Gasteiger charge is 2.38. The Balaban J connectivity index is 1.85. The Bertz CT molecular complexity index is 511. The van der Waals surface area contributed by atoms with Crippen molar-refractivity contribution in [2.45, 2.75) is 38.3 Å². The molecule has 6 nitrogen and oxygen atoms in total. The number of carbonyl (C=O) groups is 1. The molecule has 0 amide bonds. The van der Waals surface area contributed by atoms with Gasteiger partial charge >= 0.3 is 5.97 Å². The van der Waals surface area contributed by atoms with Gasteiger partial charge in [0.1, 0.15) is 11.4 Å². The van der Waals surface area contributed by atoms with Crippen LogP contribution < -0.4 is 5.32 Å². The van der Waals surface area contributed by atoms with E-state index in [2.05, 4.69) is 15.3 Å². The minimum absolute atomic E-state index is 0.305. The Morgan fingerprint density at radius 1 is 1.42 bits per heavy atom. The largest absolute Gasteiger partial charge is 0.477 e. The van der Waals surface area contributed by atoms with Crippen molar-refractivity contribution >= 4 is 11.8 Å². The van der Waals surface area contributed by atoms with Crippen LogP contribution in [0.4, 0.5) is 5.82 Å². The van der Waals surface area contributed by atoms with E-state index >= 15 is 0 Å². The van der Waals surface area contributed by atoms with Gasteiger partial charge in [0.05, 0.1) is 5.69 Å². The fourth-order valence-corrected chi connectivity index (χ4v) is 3.51. The zero-order valence-electron chi connectivity index (χ0n) is 11.4. The number of carboxylic acid groups (broad SMARTS) is 1. The monoisotopic (exact) mass is 264 g/mol. The fraction of sp³-hybridized carbons (Fsp3) is 0.692. The molecular formula is C13H20N4O2. The Labute approximate surface area is 112 Å². The average molecular weight is 264 g/mol. The highest BCUT2D eigenvalue weighted by molar-refractivity contribution is 5.94. The number of nitrogens with one attached hydrogen (secondary N) is 1. The second-order valence-corrected chi connectivity index (χ2v) is 5.52. The van der Waals surface area contributed by atoms with Crippen molar-refractivity contribution in [1.82, 2.24) is 14.7 Å². The lowest BCUT2D eigenvalue weighted by Crippen LogP contribution is -2.34. The van der Waals surface area contributed by atoms with Crippen LogP contribution in [-0.4, -0.2) is 50.9 Å². The van der Waals surface area contributed by atoms with Crippen molar-refractivity contribution in [2.24, 2.45) is 7.05 Å². The molecule has 2 unspecified atom stereocenters. The van der Waals surface area contributed by atoms with E-state index in [0.717, 1.165) is 13.0 Å². The predicted octanol–water partition coefficient (Wildman–Crippen LogP) is 1.08. The number of carboxylic acids is 1. The third-order valence-electron chi connectivity index (χ3n) is 4.36. The van der Waals surface area contributed by atoms with Gasteiger partial charge < -0.3 is 10.4 Å². The van der Waals surface area contributed by atoms with Gasteiger partial charge in [-0.3, -0.25) is 9.58 Å². The number of aromatic carboxylic acids is 1. The minimum Gasteiger partial charge on any atom is -0.477 e. The summed E-state index contributed by atoms with van der Waals surface area (Å²) in [5, 5.41) is 17.0. The minimum atomic E-state index is -0.908. The molecule has 0 bridgehead atoms. The van der Waals surface area contributed by atoms with Crippen molar-refractivity contribution in [1.29, 1.82) is 0 Å². The van der Waals surface area contributed by atoms with Crippen LogP contribution in [0.15, 0.2) is 0 Å². The van der Waals surface area contributed by atoms with Crippen molar-refractivity contribution in [3.63, 3.8) is 0 Å². The van der Waals surface area contributed by atoms with E-state index < -0.39 is 5.97 Å². The topological polar surface area (TPSA) is 70.4 Å². The summed E-state index contributed by atoms with van der Waals surface area (Å²) in [7, 11) is 1.79. The van der Waals surface area contributed by atoms with E-state index in [1.807, 2.05) is 0 Å². The first-order valence-corrected chi connectivity index (χ1v) is 6.85. The number of fused-ring (bicyclic) bond motifs is 1.